The normalized spacial score (nSPS) is 19.6. The highest BCUT2D eigenvalue weighted by Crippen LogP contribution is 2.27. The lowest BCUT2D eigenvalue weighted by molar-refractivity contribution is -0.126. The van der Waals surface area contributed by atoms with Gasteiger partial charge in [0.05, 0.1) is 5.92 Å². The quantitative estimate of drug-likeness (QED) is 0.908. The van der Waals surface area contributed by atoms with Crippen LogP contribution in [-0.2, 0) is 9.59 Å². The average molecular weight is 302 g/mol. The first-order valence-corrected chi connectivity index (χ1v) is 8.13. The third-order valence-corrected chi connectivity index (χ3v) is 4.37. The highest BCUT2D eigenvalue weighted by molar-refractivity contribution is 6.00. The molecule has 2 atom stereocenters. The Labute approximate surface area is 132 Å². The minimum atomic E-state index is -0.244. The Bertz CT molecular complexity index is 537. The monoisotopic (exact) mass is 302 g/mol. The molecule has 0 radical (unpaired) electrons. The summed E-state index contributed by atoms with van der Waals surface area (Å²) < 4.78 is 0. The first-order chi connectivity index (χ1) is 10.4. The van der Waals surface area contributed by atoms with Crippen LogP contribution in [0.15, 0.2) is 24.3 Å². The van der Waals surface area contributed by atoms with Crippen LogP contribution in [-0.4, -0.2) is 24.4 Å². The lowest BCUT2D eigenvalue weighted by atomic mass is 10.0. The second-order valence-electron chi connectivity index (χ2n) is 6.47. The zero-order valence-corrected chi connectivity index (χ0v) is 13.9. The molecule has 1 saturated heterocycles. The van der Waals surface area contributed by atoms with Crippen molar-refractivity contribution in [2.45, 2.75) is 52.5 Å². The molecule has 1 N–H and O–H groups in total. The number of nitrogens with zero attached hydrogens (tertiary/aromatic N) is 1. The Morgan fingerprint density at radius 3 is 2.45 bits per heavy atom. The average Bonchev–Trinajstić information content (AvgIpc) is 2.89. The smallest absolute Gasteiger partial charge is 0.227 e. The highest BCUT2D eigenvalue weighted by Gasteiger charge is 2.35. The summed E-state index contributed by atoms with van der Waals surface area (Å²) in [5.74, 6) is 0.245. The van der Waals surface area contributed by atoms with Gasteiger partial charge < -0.3 is 10.2 Å². The van der Waals surface area contributed by atoms with Crippen LogP contribution < -0.4 is 10.2 Å². The SMILES string of the molecule is CC[C@@H](C)NC(=O)[C@@H]1CC(=O)N(c2ccc(C(C)C)cc2)C1. The summed E-state index contributed by atoms with van der Waals surface area (Å²) in [4.78, 5) is 26.1. The van der Waals surface area contributed by atoms with Gasteiger partial charge in [-0.25, -0.2) is 0 Å². The van der Waals surface area contributed by atoms with Crippen molar-refractivity contribution in [3.8, 4) is 0 Å². The molecule has 0 aliphatic carbocycles. The molecule has 22 heavy (non-hydrogen) atoms. The number of nitrogens with one attached hydrogen (secondary N) is 1. The minimum absolute atomic E-state index is 0.0102. The van der Waals surface area contributed by atoms with E-state index in [1.165, 1.54) is 5.56 Å². The van der Waals surface area contributed by atoms with Crippen LogP contribution in [0, 0.1) is 5.92 Å². The van der Waals surface area contributed by atoms with Crippen molar-refractivity contribution in [3.63, 3.8) is 0 Å². The number of carbonyl (C=O) groups is 2. The second-order valence-corrected chi connectivity index (χ2v) is 6.47. The topological polar surface area (TPSA) is 49.4 Å². The van der Waals surface area contributed by atoms with Gasteiger partial charge in [0.1, 0.15) is 0 Å². The van der Waals surface area contributed by atoms with Crippen LogP contribution in [0.1, 0.15) is 52.0 Å². The molecule has 120 valence electrons. The molecule has 2 amide bonds. The first kappa shape index (κ1) is 16.5. The van der Waals surface area contributed by atoms with Crippen molar-refractivity contribution in [1.29, 1.82) is 0 Å². The Kier molecular flexibility index (Phi) is 5.22. The zero-order chi connectivity index (χ0) is 16.3. The fourth-order valence-electron chi connectivity index (χ4n) is 2.63. The van der Waals surface area contributed by atoms with E-state index < -0.39 is 0 Å². The van der Waals surface area contributed by atoms with Gasteiger partial charge in [0.25, 0.3) is 0 Å². The van der Waals surface area contributed by atoms with E-state index in [1.54, 1.807) is 4.90 Å². The number of rotatable bonds is 5. The summed E-state index contributed by atoms with van der Waals surface area (Å²) in [7, 11) is 0. The summed E-state index contributed by atoms with van der Waals surface area (Å²) in [6.07, 6.45) is 1.20. The van der Waals surface area contributed by atoms with E-state index in [1.807, 2.05) is 26.0 Å². The molecule has 0 bridgehead atoms. The molecule has 1 aromatic rings. The first-order valence-electron chi connectivity index (χ1n) is 8.13. The number of hydrogen-bond acceptors (Lipinski definition) is 2. The van der Waals surface area contributed by atoms with Crippen LogP contribution in [0.3, 0.4) is 0 Å². The third kappa shape index (κ3) is 3.67. The van der Waals surface area contributed by atoms with E-state index in [9.17, 15) is 9.59 Å². The van der Waals surface area contributed by atoms with Crippen LogP contribution in [0.25, 0.3) is 0 Å². The van der Waals surface area contributed by atoms with Gasteiger partial charge in [-0.3, -0.25) is 9.59 Å². The van der Waals surface area contributed by atoms with Crippen molar-refractivity contribution in [3.05, 3.63) is 29.8 Å². The minimum Gasteiger partial charge on any atom is -0.353 e. The fourth-order valence-corrected chi connectivity index (χ4v) is 2.63. The molecule has 1 aromatic carbocycles. The second kappa shape index (κ2) is 6.95. The number of hydrogen-bond donors (Lipinski definition) is 1. The molecule has 4 nitrogen and oxygen atoms in total. The largest absolute Gasteiger partial charge is 0.353 e. The van der Waals surface area contributed by atoms with Crippen molar-refractivity contribution in [2.24, 2.45) is 5.92 Å². The van der Waals surface area contributed by atoms with Gasteiger partial charge >= 0.3 is 0 Å². The van der Waals surface area contributed by atoms with Gasteiger partial charge in [0, 0.05) is 24.7 Å². The molecule has 2 rings (SSSR count). The fraction of sp³-hybridized carbons (Fsp3) is 0.556. The number of benzene rings is 1. The van der Waals surface area contributed by atoms with Gasteiger partial charge in [-0.1, -0.05) is 32.9 Å². The predicted octanol–water partition coefficient (Wildman–Crippen LogP) is 3.08. The van der Waals surface area contributed by atoms with Crippen molar-refractivity contribution < 1.29 is 9.59 Å². The van der Waals surface area contributed by atoms with Gasteiger partial charge in [-0.2, -0.15) is 0 Å². The van der Waals surface area contributed by atoms with Gasteiger partial charge in [-0.05, 0) is 37.0 Å². The van der Waals surface area contributed by atoms with Crippen LogP contribution in [0.5, 0.6) is 0 Å². The third-order valence-electron chi connectivity index (χ3n) is 4.37. The molecule has 0 unspecified atom stereocenters. The molecule has 1 heterocycles. The Hall–Kier alpha value is -1.84. The van der Waals surface area contributed by atoms with E-state index >= 15 is 0 Å². The number of amides is 2. The van der Waals surface area contributed by atoms with Gasteiger partial charge in [0.2, 0.25) is 11.8 Å². The number of anilines is 1. The Morgan fingerprint density at radius 1 is 1.27 bits per heavy atom. The molecule has 0 aromatic heterocycles. The van der Waals surface area contributed by atoms with Crippen LogP contribution in [0.4, 0.5) is 5.69 Å². The molecule has 1 aliphatic rings. The molecular formula is C18H26N2O2. The Balaban J connectivity index is 2.04. The van der Waals surface area contributed by atoms with Crippen LogP contribution >= 0.6 is 0 Å². The molecule has 1 fully saturated rings. The van der Waals surface area contributed by atoms with Crippen molar-refractivity contribution in [2.75, 3.05) is 11.4 Å². The summed E-state index contributed by atoms with van der Waals surface area (Å²) in [6, 6.07) is 8.21. The van der Waals surface area contributed by atoms with E-state index in [4.69, 9.17) is 0 Å². The predicted molar refractivity (Wildman–Crippen MR) is 88.9 cm³/mol. The van der Waals surface area contributed by atoms with Crippen LogP contribution in [0.2, 0.25) is 0 Å². The molecular weight excluding hydrogens is 276 g/mol. The maximum atomic E-state index is 12.2. The summed E-state index contributed by atoms with van der Waals surface area (Å²) in [5, 5.41) is 2.97. The molecule has 0 spiro atoms. The summed E-state index contributed by atoms with van der Waals surface area (Å²) in [5.41, 5.74) is 2.13. The van der Waals surface area contributed by atoms with E-state index in [2.05, 4.69) is 31.3 Å². The maximum Gasteiger partial charge on any atom is 0.227 e. The van der Waals surface area contributed by atoms with Gasteiger partial charge in [-0.15, -0.1) is 0 Å². The molecule has 0 saturated carbocycles. The van der Waals surface area contributed by atoms with E-state index in [-0.39, 0.29) is 23.8 Å². The lowest BCUT2D eigenvalue weighted by Gasteiger charge is -2.18. The molecule has 1 aliphatic heterocycles. The lowest BCUT2D eigenvalue weighted by Crippen LogP contribution is -2.38. The molecule has 4 heteroatoms. The van der Waals surface area contributed by atoms with E-state index in [0.29, 0.717) is 18.9 Å². The summed E-state index contributed by atoms with van der Waals surface area (Å²) >= 11 is 0. The van der Waals surface area contributed by atoms with E-state index in [0.717, 1.165) is 12.1 Å². The standard InChI is InChI=1S/C18H26N2O2/c1-5-13(4)19-18(22)15-10-17(21)20(11-15)16-8-6-14(7-9-16)12(2)3/h6-9,12-13,15H,5,10-11H2,1-4H3,(H,19,22)/t13-,15-/m1/s1. The number of carbonyl (C=O) groups excluding carboxylic acids is 2. The van der Waals surface area contributed by atoms with Gasteiger partial charge in [0.15, 0.2) is 0 Å². The highest BCUT2D eigenvalue weighted by atomic mass is 16.2. The maximum absolute atomic E-state index is 12.2. The van der Waals surface area contributed by atoms with Crippen molar-refractivity contribution in [1.82, 2.24) is 5.32 Å². The Morgan fingerprint density at radius 2 is 1.91 bits per heavy atom. The zero-order valence-electron chi connectivity index (χ0n) is 13.9. The van der Waals surface area contributed by atoms with Crippen molar-refractivity contribution >= 4 is 17.5 Å². The summed E-state index contributed by atoms with van der Waals surface area (Å²) in [6.45, 7) is 8.78.